The number of aliphatic hydroxyl groups is 2. The van der Waals surface area contributed by atoms with Gasteiger partial charge in [-0.3, -0.25) is 4.57 Å². The molecule has 0 radical (unpaired) electrons. The Morgan fingerprint density at radius 2 is 1.82 bits per heavy atom. The molecule has 34 heavy (non-hydrogen) atoms. The van der Waals surface area contributed by atoms with Crippen LogP contribution in [-0.2, 0) is 13.9 Å². The fraction of sp³-hybridized carbons (Fsp3) is 0.833. The lowest BCUT2D eigenvalue weighted by Crippen LogP contribution is -2.49. The molecule has 3 N–H and O–H groups in total. The highest BCUT2D eigenvalue weighted by atomic mass is 28.4. The predicted octanol–water partition coefficient (Wildman–Crippen LogP) is 3.63. The second-order valence-corrected chi connectivity index (χ2v) is 15.5. The quantitative estimate of drug-likeness (QED) is 0.202. The molecule has 1 aliphatic heterocycles. The largest absolute Gasteiger partial charge is 0.394 e. The number of ether oxygens (including phenoxy) is 2. The van der Waals surface area contributed by atoms with E-state index < -0.39 is 38.5 Å². The average Bonchev–Trinajstić information content (AvgIpc) is 3.08. The first-order valence-corrected chi connectivity index (χ1v) is 14.8. The summed E-state index contributed by atoms with van der Waals surface area (Å²) >= 11 is 0. The summed E-state index contributed by atoms with van der Waals surface area (Å²) in [5.41, 5.74) is 0.629. The number of hydrogen-bond acceptors (Lipinski definition) is 8. The zero-order valence-electron chi connectivity index (χ0n) is 21.9. The Labute approximate surface area is 205 Å². The number of nitrogens with zero attached hydrogens (tertiary/aromatic N) is 2. The zero-order chi connectivity index (χ0) is 25.5. The van der Waals surface area contributed by atoms with E-state index in [9.17, 15) is 15.0 Å². The Morgan fingerprint density at radius 1 is 1.18 bits per heavy atom. The minimum absolute atomic E-state index is 0.0141. The first-order valence-electron chi connectivity index (χ1n) is 12.6. The van der Waals surface area contributed by atoms with Gasteiger partial charge < -0.3 is 29.4 Å². The lowest BCUT2D eigenvalue weighted by molar-refractivity contribution is -0.114. The lowest BCUT2D eigenvalue weighted by atomic mass is 10.1. The number of rotatable bonds is 14. The lowest BCUT2D eigenvalue weighted by Gasteiger charge is -2.42. The van der Waals surface area contributed by atoms with Crippen LogP contribution in [0.3, 0.4) is 0 Å². The van der Waals surface area contributed by atoms with Crippen molar-refractivity contribution in [3.8, 4) is 0 Å². The number of aliphatic hydroxyl groups excluding tert-OH is 2. The van der Waals surface area contributed by atoms with Gasteiger partial charge in [-0.2, -0.15) is 4.98 Å². The van der Waals surface area contributed by atoms with E-state index in [1.54, 1.807) is 12.3 Å². The van der Waals surface area contributed by atoms with Gasteiger partial charge in [-0.05, 0) is 29.1 Å². The predicted molar refractivity (Wildman–Crippen MR) is 135 cm³/mol. The maximum atomic E-state index is 12.8. The van der Waals surface area contributed by atoms with Crippen LogP contribution in [0.5, 0.6) is 0 Å². The van der Waals surface area contributed by atoms with Crippen LogP contribution in [0.4, 0.5) is 5.82 Å². The second-order valence-electron chi connectivity index (χ2n) is 10.1. The van der Waals surface area contributed by atoms with E-state index in [2.05, 4.69) is 58.8 Å². The molecule has 0 amide bonds. The van der Waals surface area contributed by atoms with Gasteiger partial charge in [0.2, 0.25) is 8.32 Å². The van der Waals surface area contributed by atoms with E-state index in [1.807, 2.05) is 0 Å². The van der Waals surface area contributed by atoms with Crippen molar-refractivity contribution in [1.29, 1.82) is 0 Å². The van der Waals surface area contributed by atoms with Crippen LogP contribution in [0.1, 0.15) is 74.0 Å². The van der Waals surface area contributed by atoms with Gasteiger partial charge in [0.15, 0.2) is 6.23 Å². The highest BCUT2D eigenvalue weighted by molar-refractivity contribution is 6.77. The number of aromatic nitrogens is 2. The molecule has 0 spiro atoms. The zero-order valence-corrected chi connectivity index (χ0v) is 22.9. The molecule has 0 saturated carbocycles. The molecule has 2 unspecified atom stereocenters. The van der Waals surface area contributed by atoms with Crippen LogP contribution in [0.15, 0.2) is 17.1 Å². The van der Waals surface area contributed by atoms with Crippen molar-refractivity contribution in [3.63, 3.8) is 0 Å². The van der Waals surface area contributed by atoms with Gasteiger partial charge in [0.1, 0.15) is 30.9 Å². The maximum absolute atomic E-state index is 12.8. The number of nitrogens with one attached hydrogen (secondary N) is 1. The van der Waals surface area contributed by atoms with E-state index in [0.29, 0.717) is 22.4 Å². The van der Waals surface area contributed by atoms with Crippen molar-refractivity contribution in [2.75, 3.05) is 25.3 Å². The van der Waals surface area contributed by atoms with Crippen LogP contribution < -0.4 is 11.0 Å². The third kappa shape index (κ3) is 6.47. The Balaban J connectivity index is 2.17. The minimum Gasteiger partial charge on any atom is -0.394 e. The standard InChI is InChI=1S/C24H45N3O6Si/c1-8-9-10-12-25-20-11-13-27(24(30)26-20)23-22(21(29)19(14-28)33-23)31-15-32-34(16(2)3,17(4)5)18(6)7/h11,13,16-19,21-23,28-29H,8-10,12,14-15H2,1-7H3,(H,25,26,30)/t19-,21?,22?,23-/m1/s1. The van der Waals surface area contributed by atoms with Crippen molar-refractivity contribution in [2.45, 2.75) is 109 Å². The van der Waals surface area contributed by atoms with Gasteiger partial charge in [-0.25, -0.2) is 4.79 Å². The Morgan fingerprint density at radius 3 is 2.35 bits per heavy atom. The van der Waals surface area contributed by atoms with E-state index in [-0.39, 0.29) is 13.4 Å². The molecule has 0 aromatic carbocycles. The summed E-state index contributed by atoms with van der Waals surface area (Å²) in [5, 5.41) is 23.6. The molecule has 0 aliphatic carbocycles. The molecule has 1 saturated heterocycles. The molecule has 0 bridgehead atoms. The SMILES string of the molecule is CCCCCNc1ccn([C@@H]2O[C@H](CO)C(O)C2OCO[Si](C(C)C)(C(C)C)C(C)C)c(=O)n1. The van der Waals surface area contributed by atoms with E-state index in [0.717, 1.165) is 25.8 Å². The summed E-state index contributed by atoms with van der Waals surface area (Å²) in [6, 6.07) is 1.71. The first-order chi connectivity index (χ1) is 16.1. The summed E-state index contributed by atoms with van der Waals surface area (Å²) in [6.45, 7) is 15.6. The number of unbranched alkanes of at least 4 members (excludes halogenated alkanes) is 2. The average molecular weight is 500 g/mol. The summed E-state index contributed by atoms with van der Waals surface area (Å²) in [7, 11) is -2.17. The van der Waals surface area contributed by atoms with E-state index >= 15 is 0 Å². The molecule has 1 fully saturated rings. The molecule has 2 rings (SSSR count). The molecule has 9 nitrogen and oxygen atoms in total. The number of hydrogen-bond donors (Lipinski definition) is 3. The topological polar surface area (TPSA) is 115 Å². The van der Waals surface area contributed by atoms with Gasteiger partial charge in [0.25, 0.3) is 0 Å². The Kier molecular flexibility index (Phi) is 11.2. The second kappa shape index (κ2) is 13.1. The molecule has 1 aromatic heterocycles. The highest BCUT2D eigenvalue weighted by Crippen LogP contribution is 2.42. The van der Waals surface area contributed by atoms with Crippen LogP contribution in [-0.4, -0.2) is 66.3 Å². The first kappa shape index (κ1) is 28.9. The fourth-order valence-corrected chi connectivity index (χ4v) is 10.6. The Bertz CT molecular complexity index is 781. The fourth-order valence-electron chi connectivity index (χ4n) is 5.28. The highest BCUT2D eigenvalue weighted by Gasteiger charge is 2.48. The van der Waals surface area contributed by atoms with Crippen molar-refractivity contribution in [3.05, 3.63) is 22.7 Å². The third-order valence-corrected chi connectivity index (χ3v) is 13.0. The molecule has 1 aromatic rings. The Hall–Kier alpha value is -1.30. The van der Waals surface area contributed by atoms with Gasteiger partial charge in [0.05, 0.1) is 6.61 Å². The summed E-state index contributed by atoms with van der Waals surface area (Å²) in [5.74, 6) is 0.497. The van der Waals surface area contributed by atoms with Crippen molar-refractivity contribution >= 4 is 14.1 Å². The molecule has 10 heteroatoms. The summed E-state index contributed by atoms with van der Waals surface area (Å²) in [4.78, 5) is 16.9. The molecule has 2 heterocycles. The molecular weight excluding hydrogens is 454 g/mol. The van der Waals surface area contributed by atoms with Gasteiger partial charge in [0, 0.05) is 12.7 Å². The summed E-state index contributed by atoms with van der Waals surface area (Å²) in [6.07, 6.45) is 1.04. The van der Waals surface area contributed by atoms with Gasteiger partial charge in [-0.1, -0.05) is 61.3 Å². The van der Waals surface area contributed by atoms with Crippen molar-refractivity contribution in [1.82, 2.24) is 9.55 Å². The molecule has 1 aliphatic rings. The van der Waals surface area contributed by atoms with Gasteiger partial charge in [-0.15, -0.1) is 0 Å². The third-order valence-electron chi connectivity index (χ3n) is 6.96. The number of anilines is 1. The van der Waals surface area contributed by atoms with Crippen LogP contribution in [0.25, 0.3) is 0 Å². The van der Waals surface area contributed by atoms with Gasteiger partial charge >= 0.3 is 5.69 Å². The van der Waals surface area contributed by atoms with Crippen LogP contribution in [0, 0.1) is 0 Å². The molecule has 4 atom stereocenters. The van der Waals surface area contributed by atoms with E-state index in [1.165, 1.54) is 4.57 Å². The minimum atomic E-state index is -2.17. The monoisotopic (exact) mass is 499 g/mol. The smallest absolute Gasteiger partial charge is 0.351 e. The van der Waals surface area contributed by atoms with Crippen LogP contribution in [0.2, 0.25) is 16.6 Å². The summed E-state index contributed by atoms with van der Waals surface area (Å²) < 4.78 is 19.6. The van der Waals surface area contributed by atoms with Crippen molar-refractivity contribution < 1.29 is 24.1 Å². The van der Waals surface area contributed by atoms with Crippen LogP contribution >= 0.6 is 0 Å². The molecule has 196 valence electrons. The van der Waals surface area contributed by atoms with Crippen molar-refractivity contribution in [2.24, 2.45) is 0 Å². The maximum Gasteiger partial charge on any atom is 0.351 e. The van der Waals surface area contributed by atoms with E-state index in [4.69, 9.17) is 13.9 Å². The molecular formula is C24H45N3O6Si. The normalized spacial score (nSPS) is 23.4.